The highest BCUT2D eigenvalue weighted by atomic mass is 32.2. The lowest BCUT2D eigenvalue weighted by molar-refractivity contribution is -0.274. The van der Waals surface area contributed by atoms with E-state index in [1.54, 1.807) is 0 Å². The van der Waals surface area contributed by atoms with Crippen molar-refractivity contribution < 1.29 is 26.3 Å². The first-order chi connectivity index (χ1) is 9.68. The quantitative estimate of drug-likeness (QED) is 0.918. The fourth-order valence-corrected chi connectivity index (χ4v) is 3.74. The Morgan fingerprint density at radius 3 is 2.67 bits per heavy atom. The molecule has 0 radical (unpaired) electrons. The molecule has 0 amide bonds. The maximum Gasteiger partial charge on any atom is 0.573 e. The van der Waals surface area contributed by atoms with Gasteiger partial charge in [-0.1, -0.05) is 6.07 Å². The molecule has 0 bridgehead atoms. The van der Waals surface area contributed by atoms with Crippen molar-refractivity contribution in [3.8, 4) is 5.75 Å². The molecule has 0 aromatic heterocycles. The summed E-state index contributed by atoms with van der Waals surface area (Å²) in [7, 11) is -3.87. The molecule has 1 aliphatic heterocycles. The van der Waals surface area contributed by atoms with Crippen LogP contribution in [-0.2, 0) is 10.0 Å². The number of hydrogen-bond donors (Lipinski definition) is 1. The first-order valence-electron chi connectivity index (χ1n) is 6.30. The number of hydrogen-bond acceptors (Lipinski definition) is 4. The van der Waals surface area contributed by atoms with Crippen molar-refractivity contribution in [2.45, 2.75) is 30.1 Å². The zero-order valence-corrected chi connectivity index (χ0v) is 11.8. The zero-order chi connectivity index (χ0) is 15.7. The summed E-state index contributed by atoms with van der Waals surface area (Å²) in [5.41, 5.74) is 5.73. The van der Waals surface area contributed by atoms with Crippen molar-refractivity contribution in [2.24, 2.45) is 5.73 Å². The number of halogens is 3. The Balaban J connectivity index is 2.26. The molecule has 1 fully saturated rings. The van der Waals surface area contributed by atoms with Gasteiger partial charge in [0.05, 0.1) is 4.90 Å². The summed E-state index contributed by atoms with van der Waals surface area (Å²) in [5, 5.41) is 0. The van der Waals surface area contributed by atoms with Crippen LogP contribution in [-0.4, -0.2) is 38.2 Å². The molecular formula is C12H15F3N2O3S. The molecule has 1 aromatic carbocycles. The van der Waals surface area contributed by atoms with Gasteiger partial charge in [0, 0.05) is 25.2 Å². The minimum atomic E-state index is -4.87. The first kappa shape index (κ1) is 16.1. The molecule has 1 saturated heterocycles. The van der Waals surface area contributed by atoms with Gasteiger partial charge in [0.2, 0.25) is 10.0 Å². The van der Waals surface area contributed by atoms with Gasteiger partial charge in [0.1, 0.15) is 5.75 Å². The number of benzene rings is 1. The van der Waals surface area contributed by atoms with Crippen LogP contribution < -0.4 is 10.5 Å². The molecule has 1 atom stereocenters. The van der Waals surface area contributed by atoms with E-state index in [0.29, 0.717) is 13.0 Å². The van der Waals surface area contributed by atoms with E-state index in [4.69, 9.17) is 5.73 Å². The lowest BCUT2D eigenvalue weighted by atomic mass is 10.1. The third-order valence-electron chi connectivity index (χ3n) is 3.10. The number of nitrogens with two attached hydrogens (primary N) is 1. The van der Waals surface area contributed by atoms with E-state index in [1.165, 1.54) is 16.4 Å². The maximum absolute atomic E-state index is 12.4. The van der Waals surface area contributed by atoms with Gasteiger partial charge < -0.3 is 10.5 Å². The highest BCUT2D eigenvalue weighted by Crippen LogP contribution is 2.27. The van der Waals surface area contributed by atoms with E-state index in [2.05, 4.69) is 4.74 Å². The molecule has 0 spiro atoms. The minimum absolute atomic E-state index is 0.159. The summed E-state index contributed by atoms with van der Waals surface area (Å²) in [6, 6.07) is 4.09. The summed E-state index contributed by atoms with van der Waals surface area (Å²) >= 11 is 0. The normalized spacial score (nSPS) is 21.2. The Bertz CT molecular complexity index is 604. The van der Waals surface area contributed by atoms with Gasteiger partial charge in [0.25, 0.3) is 0 Å². The molecule has 1 aromatic rings. The van der Waals surface area contributed by atoms with E-state index in [-0.39, 0.29) is 17.5 Å². The average molecular weight is 324 g/mol. The molecule has 118 valence electrons. The minimum Gasteiger partial charge on any atom is -0.406 e. The summed E-state index contributed by atoms with van der Waals surface area (Å²) < 4.78 is 66.2. The molecule has 1 heterocycles. The first-order valence-corrected chi connectivity index (χ1v) is 7.74. The molecule has 9 heteroatoms. The number of piperidine rings is 1. The average Bonchev–Trinajstić information content (AvgIpc) is 2.37. The second-order valence-electron chi connectivity index (χ2n) is 4.79. The van der Waals surface area contributed by atoms with Crippen LogP contribution in [0.3, 0.4) is 0 Å². The number of alkyl halides is 3. The second-order valence-corrected chi connectivity index (χ2v) is 6.73. The van der Waals surface area contributed by atoms with Crippen LogP contribution in [0.25, 0.3) is 0 Å². The Morgan fingerprint density at radius 1 is 1.33 bits per heavy atom. The van der Waals surface area contributed by atoms with Crippen LogP contribution in [0.4, 0.5) is 13.2 Å². The van der Waals surface area contributed by atoms with Gasteiger partial charge in [-0.15, -0.1) is 13.2 Å². The second kappa shape index (κ2) is 5.82. The highest BCUT2D eigenvalue weighted by Gasteiger charge is 2.33. The monoisotopic (exact) mass is 324 g/mol. The van der Waals surface area contributed by atoms with Crippen LogP contribution in [0.1, 0.15) is 12.8 Å². The molecule has 1 unspecified atom stereocenters. The Labute approximate surface area is 120 Å². The molecule has 21 heavy (non-hydrogen) atoms. The molecule has 2 rings (SSSR count). The summed E-state index contributed by atoms with van der Waals surface area (Å²) in [6.07, 6.45) is -3.52. The largest absolute Gasteiger partial charge is 0.573 e. The van der Waals surface area contributed by atoms with E-state index in [0.717, 1.165) is 18.6 Å². The lowest BCUT2D eigenvalue weighted by Gasteiger charge is -2.29. The smallest absolute Gasteiger partial charge is 0.406 e. The molecular weight excluding hydrogens is 309 g/mol. The number of nitrogens with zero attached hydrogens (tertiary/aromatic N) is 1. The Kier molecular flexibility index (Phi) is 4.45. The summed E-state index contributed by atoms with van der Waals surface area (Å²) in [4.78, 5) is -0.238. The van der Waals surface area contributed by atoms with Crippen LogP contribution in [0.15, 0.2) is 29.2 Å². The van der Waals surface area contributed by atoms with Crippen molar-refractivity contribution in [3.63, 3.8) is 0 Å². The van der Waals surface area contributed by atoms with Crippen LogP contribution in [0.2, 0.25) is 0 Å². The van der Waals surface area contributed by atoms with Crippen LogP contribution in [0, 0.1) is 0 Å². The Hall–Kier alpha value is -1.32. The molecule has 2 N–H and O–H groups in total. The number of sulfonamides is 1. The highest BCUT2D eigenvalue weighted by molar-refractivity contribution is 7.89. The lowest BCUT2D eigenvalue weighted by Crippen LogP contribution is -2.45. The van der Waals surface area contributed by atoms with E-state index in [1.807, 2.05) is 0 Å². The molecule has 5 nitrogen and oxygen atoms in total. The van der Waals surface area contributed by atoms with Gasteiger partial charge in [-0.3, -0.25) is 0 Å². The standard InChI is InChI=1S/C12H15F3N2O3S/c13-12(14,15)20-10-4-1-5-11(7-10)21(18,19)17-6-2-3-9(16)8-17/h1,4-5,7,9H,2-3,6,8,16H2. The topological polar surface area (TPSA) is 72.6 Å². The van der Waals surface area contributed by atoms with Gasteiger partial charge in [-0.2, -0.15) is 4.31 Å². The number of rotatable bonds is 3. The van der Waals surface area contributed by atoms with Crippen molar-refractivity contribution in [1.29, 1.82) is 0 Å². The third kappa shape index (κ3) is 4.08. The predicted octanol–water partition coefficient (Wildman–Crippen LogP) is 1.70. The van der Waals surface area contributed by atoms with Crippen molar-refractivity contribution in [1.82, 2.24) is 4.31 Å². The molecule has 0 saturated carbocycles. The van der Waals surface area contributed by atoms with Crippen LogP contribution >= 0.6 is 0 Å². The summed E-state index contributed by atoms with van der Waals surface area (Å²) in [6.45, 7) is 0.465. The van der Waals surface area contributed by atoms with Gasteiger partial charge in [0.15, 0.2) is 0 Å². The fraction of sp³-hybridized carbons (Fsp3) is 0.500. The summed E-state index contributed by atoms with van der Waals surface area (Å²) in [5.74, 6) is -0.565. The number of ether oxygens (including phenoxy) is 1. The third-order valence-corrected chi connectivity index (χ3v) is 4.96. The maximum atomic E-state index is 12.4. The predicted molar refractivity (Wildman–Crippen MR) is 69.1 cm³/mol. The van der Waals surface area contributed by atoms with Gasteiger partial charge >= 0.3 is 6.36 Å². The SMILES string of the molecule is NC1CCCN(S(=O)(=O)c2cccc(OC(F)(F)F)c2)C1. The Morgan fingerprint density at radius 2 is 2.05 bits per heavy atom. The van der Waals surface area contributed by atoms with E-state index in [9.17, 15) is 21.6 Å². The van der Waals surface area contributed by atoms with Crippen LogP contribution in [0.5, 0.6) is 5.75 Å². The molecule has 0 aliphatic carbocycles. The van der Waals surface area contributed by atoms with Crippen molar-refractivity contribution in [3.05, 3.63) is 24.3 Å². The van der Waals surface area contributed by atoms with E-state index >= 15 is 0 Å². The fourth-order valence-electron chi connectivity index (χ4n) is 2.17. The van der Waals surface area contributed by atoms with Gasteiger partial charge in [-0.25, -0.2) is 8.42 Å². The molecule has 1 aliphatic rings. The van der Waals surface area contributed by atoms with Gasteiger partial charge in [-0.05, 0) is 25.0 Å². The van der Waals surface area contributed by atoms with E-state index < -0.39 is 22.1 Å². The van der Waals surface area contributed by atoms with Crippen molar-refractivity contribution >= 4 is 10.0 Å². The van der Waals surface area contributed by atoms with Crippen molar-refractivity contribution in [2.75, 3.05) is 13.1 Å². The zero-order valence-electron chi connectivity index (χ0n) is 11.0.